The van der Waals surface area contributed by atoms with Crippen LogP contribution in [0.3, 0.4) is 0 Å². The molecular weight excluding hydrogens is 538 g/mol. The van der Waals surface area contributed by atoms with Crippen molar-refractivity contribution in [1.29, 1.82) is 0 Å². The maximum atomic E-state index is 6.15. The maximum Gasteiger partial charge on any atom is 0.118 e. The van der Waals surface area contributed by atoms with Gasteiger partial charge >= 0.3 is 0 Å². The number of pyridine rings is 1. The number of fused-ring (bicyclic) bond motifs is 1. The van der Waals surface area contributed by atoms with Crippen LogP contribution in [-0.4, -0.2) is 28.3 Å². The van der Waals surface area contributed by atoms with E-state index in [9.17, 15) is 0 Å². The van der Waals surface area contributed by atoms with E-state index in [-0.39, 0.29) is 6.04 Å². The van der Waals surface area contributed by atoms with Gasteiger partial charge in [-0.25, -0.2) is 4.98 Å². The summed E-state index contributed by atoms with van der Waals surface area (Å²) in [6.07, 6.45) is 5.64. The van der Waals surface area contributed by atoms with Gasteiger partial charge in [-0.1, -0.05) is 87.8 Å². The van der Waals surface area contributed by atoms with Crippen molar-refractivity contribution in [2.75, 3.05) is 13.7 Å². The van der Waals surface area contributed by atoms with Crippen molar-refractivity contribution in [3.63, 3.8) is 0 Å². The number of hydrogen-bond acceptors (Lipinski definition) is 4. The Morgan fingerprint density at radius 1 is 0.895 bits per heavy atom. The molecule has 0 N–H and O–H groups in total. The lowest BCUT2D eigenvalue weighted by atomic mass is 10.0. The number of ether oxygens (including phenoxy) is 2. The van der Waals surface area contributed by atoms with Crippen molar-refractivity contribution in [2.24, 2.45) is 0 Å². The van der Waals surface area contributed by atoms with Crippen molar-refractivity contribution < 1.29 is 9.47 Å². The zero-order chi connectivity index (χ0) is 27.9. The summed E-state index contributed by atoms with van der Waals surface area (Å²) in [5.74, 6) is 1.97. The van der Waals surface area contributed by atoms with E-state index in [1.54, 1.807) is 7.11 Å². The lowest BCUT2D eigenvalue weighted by Crippen LogP contribution is -2.13. The number of aromatic nitrogens is 3. The maximum absolute atomic E-state index is 6.15. The quantitative estimate of drug-likeness (QED) is 0.219. The highest BCUT2D eigenvalue weighted by Crippen LogP contribution is 2.41. The summed E-state index contributed by atoms with van der Waals surface area (Å²) in [6, 6.07) is 20.6. The first-order valence-electron chi connectivity index (χ1n) is 13.7. The molecule has 0 saturated carbocycles. The Morgan fingerprint density at radius 3 is 2.18 bits per heavy atom. The third kappa shape index (κ3) is 7.55. The zero-order valence-corrected chi connectivity index (χ0v) is 25.5. The van der Waals surface area contributed by atoms with E-state index in [4.69, 9.17) is 14.5 Å². The van der Waals surface area contributed by atoms with Crippen LogP contribution in [0.4, 0.5) is 0 Å². The van der Waals surface area contributed by atoms with Crippen LogP contribution in [0.25, 0.3) is 22.5 Å². The largest absolute Gasteiger partial charge is 0.497 e. The van der Waals surface area contributed by atoms with Gasteiger partial charge in [-0.05, 0) is 42.3 Å². The summed E-state index contributed by atoms with van der Waals surface area (Å²) in [4.78, 5) is 9.29. The van der Waals surface area contributed by atoms with E-state index < -0.39 is 0 Å². The number of halogens is 1. The SMILES string of the molecule is CC.CC.CC.COc1ccc(COC[C@@H]2CCc3nc(-c4ccccc4Br)c(-c4ccncc4)n32)cc1. The first-order chi connectivity index (χ1) is 18.7. The summed E-state index contributed by atoms with van der Waals surface area (Å²) < 4.78 is 14.8. The number of benzene rings is 2. The van der Waals surface area contributed by atoms with Crippen LogP contribution < -0.4 is 4.74 Å². The van der Waals surface area contributed by atoms with E-state index in [2.05, 4.69) is 55.8 Å². The number of imidazole rings is 1. The number of methoxy groups -OCH3 is 1. The smallest absolute Gasteiger partial charge is 0.118 e. The van der Waals surface area contributed by atoms with Gasteiger partial charge in [0, 0.05) is 34.4 Å². The van der Waals surface area contributed by atoms with Gasteiger partial charge in [0.15, 0.2) is 0 Å². The van der Waals surface area contributed by atoms with E-state index >= 15 is 0 Å². The van der Waals surface area contributed by atoms with Crippen molar-refractivity contribution >= 4 is 15.9 Å². The highest BCUT2D eigenvalue weighted by atomic mass is 79.9. The predicted molar refractivity (Wildman–Crippen MR) is 163 cm³/mol. The Morgan fingerprint density at radius 2 is 1.55 bits per heavy atom. The first kappa shape index (κ1) is 31.3. The Kier molecular flexibility index (Phi) is 13.8. The second-order valence-corrected chi connectivity index (χ2v) is 8.72. The van der Waals surface area contributed by atoms with Crippen LogP contribution in [0.5, 0.6) is 5.75 Å². The van der Waals surface area contributed by atoms with Crippen LogP contribution in [0.15, 0.2) is 77.5 Å². The average Bonchev–Trinajstić information content (AvgIpc) is 3.57. The number of aryl methyl sites for hydroxylation is 1. The lowest BCUT2D eigenvalue weighted by molar-refractivity contribution is 0.0925. The summed E-state index contributed by atoms with van der Waals surface area (Å²) in [7, 11) is 1.68. The molecule has 3 heterocycles. The third-order valence-electron chi connectivity index (χ3n) is 5.87. The zero-order valence-electron chi connectivity index (χ0n) is 23.9. The molecule has 1 atom stereocenters. The van der Waals surface area contributed by atoms with Crippen LogP contribution in [0, 0.1) is 0 Å². The molecule has 0 saturated heterocycles. The first-order valence-corrected chi connectivity index (χ1v) is 14.5. The highest BCUT2D eigenvalue weighted by molar-refractivity contribution is 9.10. The van der Waals surface area contributed by atoms with Gasteiger partial charge in [0.05, 0.1) is 37.8 Å². The van der Waals surface area contributed by atoms with Crippen LogP contribution in [0.2, 0.25) is 0 Å². The Labute approximate surface area is 237 Å². The minimum Gasteiger partial charge on any atom is -0.497 e. The summed E-state index contributed by atoms with van der Waals surface area (Å²) in [5.41, 5.74) is 5.48. The normalized spacial score (nSPS) is 13.1. The molecule has 0 unspecified atom stereocenters. The molecule has 204 valence electrons. The molecule has 5 nitrogen and oxygen atoms in total. The van der Waals surface area contributed by atoms with E-state index in [1.807, 2.05) is 84.3 Å². The molecule has 38 heavy (non-hydrogen) atoms. The average molecular weight is 581 g/mol. The van der Waals surface area contributed by atoms with Gasteiger partial charge in [-0.2, -0.15) is 0 Å². The Hall–Kier alpha value is -2.96. The van der Waals surface area contributed by atoms with E-state index in [0.717, 1.165) is 57.0 Å². The predicted octanol–water partition coefficient (Wildman–Crippen LogP) is 9.17. The Bertz CT molecular complexity index is 1210. The van der Waals surface area contributed by atoms with Crippen molar-refractivity contribution in [1.82, 2.24) is 14.5 Å². The second kappa shape index (κ2) is 16.8. The van der Waals surface area contributed by atoms with E-state index in [1.165, 1.54) is 0 Å². The molecule has 5 rings (SSSR count). The highest BCUT2D eigenvalue weighted by Gasteiger charge is 2.30. The van der Waals surface area contributed by atoms with Crippen molar-refractivity contribution in [2.45, 2.75) is 67.0 Å². The van der Waals surface area contributed by atoms with Gasteiger partial charge < -0.3 is 14.0 Å². The molecule has 0 bridgehead atoms. The molecule has 2 aromatic heterocycles. The number of hydrogen-bond donors (Lipinski definition) is 0. The molecule has 6 heteroatoms. The Balaban J connectivity index is 0.000000791. The molecule has 0 aliphatic carbocycles. The van der Waals surface area contributed by atoms with Gasteiger partial charge in [-0.3, -0.25) is 4.98 Å². The van der Waals surface area contributed by atoms with Gasteiger partial charge in [-0.15, -0.1) is 0 Å². The van der Waals surface area contributed by atoms with Crippen molar-refractivity contribution in [3.8, 4) is 28.3 Å². The minimum atomic E-state index is 0.246. The summed E-state index contributed by atoms with van der Waals surface area (Å²) in [6.45, 7) is 13.2. The molecular formula is C32H42BrN3O2. The van der Waals surface area contributed by atoms with Gasteiger partial charge in [0.25, 0.3) is 0 Å². The molecule has 4 aromatic rings. The van der Waals surface area contributed by atoms with Crippen molar-refractivity contribution in [3.05, 3.63) is 88.9 Å². The summed E-state index contributed by atoms with van der Waals surface area (Å²) >= 11 is 3.71. The molecule has 2 aromatic carbocycles. The third-order valence-corrected chi connectivity index (χ3v) is 6.56. The molecule has 0 fully saturated rings. The molecule has 0 radical (unpaired) electrons. The monoisotopic (exact) mass is 579 g/mol. The minimum absolute atomic E-state index is 0.246. The van der Waals surface area contributed by atoms with Crippen LogP contribution in [0.1, 0.15) is 65.4 Å². The topological polar surface area (TPSA) is 49.2 Å². The fourth-order valence-corrected chi connectivity index (χ4v) is 4.77. The number of rotatable bonds is 7. The molecule has 0 spiro atoms. The fourth-order valence-electron chi connectivity index (χ4n) is 4.29. The summed E-state index contributed by atoms with van der Waals surface area (Å²) in [5, 5.41) is 0. The standard InChI is InChI=1S/C26H24BrN3O2.3C2H6/c1-31-21-9-6-18(7-10-21)16-32-17-20-8-11-24-29-25(22-4-2-3-5-23(22)27)26(30(20)24)19-12-14-28-15-13-19;3*1-2/h2-7,9-10,12-15,20H,8,11,16-17H2,1H3;3*1-2H3/t20-;;;/m0.../s1. The molecule has 1 aliphatic rings. The van der Waals surface area contributed by atoms with Crippen LogP contribution in [-0.2, 0) is 17.8 Å². The lowest BCUT2D eigenvalue weighted by Gasteiger charge is -2.18. The fraction of sp³-hybridized carbons (Fsp3) is 0.375. The van der Waals surface area contributed by atoms with E-state index in [0.29, 0.717) is 13.2 Å². The van der Waals surface area contributed by atoms with Gasteiger partial charge in [0.1, 0.15) is 11.6 Å². The second-order valence-electron chi connectivity index (χ2n) is 7.87. The number of nitrogens with zero attached hydrogens (tertiary/aromatic N) is 3. The van der Waals surface area contributed by atoms with Gasteiger partial charge in [0.2, 0.25) is 0 Å². The molecule has 0 amide bonds. The molecule has 1 aliphatic heterocycles. The van der Waals surface area contributed by atoms with Crippen LogP contribution >= 0.6 is 15.9 Å².